The summed E-state index contributed by atoms with van der Waals surface area (Å²) in [5.74, 6) is 0.115. The van der Waals surface area contributed by atoms with Gasteiger partial charge in [-0.1, -0.05) is 11.6 Å². The lowest BCUT2D eigenvalue weighted by molar-refractivity contribution is 0.618. The van der Waals surface area contributed by atoms with E-state index < -0.39 is 0 Å². The van der Waals surface area contributed by atoms with Crippen LogP contribution in [0.2, 0.25) is 5.02 Å². The maximum atomic E-state index is 13.1. The monoisotopic (exact) mass is 277 g/mol. The van der Waals surface area contributed by atoms with Gasteiger partial charge in [-0.2, -0.15) is 0 Å². The van der Waals surface area contributed by atoms with Crippen LogP contribution in [0.25, 0.3) is 0 Å². The lowest BCUT2D eigenvalue weighted by Crippen LogP contribution is -2.08. The van der Waals surface area contributed by atoms with E-state index in [2.05, 4.69) is 21.2 Å². The smallest absolute Gasteiger partial charge is 0.138 e. The molecular formula is C10H10BrClFN. The zero-order chi connectivity index (χ0) is 10.1. The Labute approximate surface area is 95.8 Å². The zero-order valence-corrected chi connectivity index (χ0v) is 9.83. The van der Waals surface area contributed by atoms with E-state index in [4.69, 9.17) is 11.6 Å². The average molecular weight is 279 g/mol. The predicted octanol–water partition coefficient (Wildman–Crippen LogP) is 3.32. The van der Waals surface area contributed by atoms with E-state index in [1.807, 2.05) is 0 Å². The average Bonchev–Trinajstić information content (AvgIpc) is 2.64. The Morgan fingerprint density at radius 3 is 2.93 bits per heavy atom. The Kier molecular flexibility index (Phi) is 3.10. The lowest BCUT2D eigenvalue weighted by atomic mass is 9.98. The van der Waals surface area contributed by atoms with E-state index in [1.165, 1.54) is 6.07 Å². The molecule has 1 heterocycles. The molecule has 0 bridgehead atoms. The van der Waals surface area contributed by atoms with Gasteiger partial charge in [-0.3, -0.25) is 0 Å². The Bertz CT molecular complexity index is 350. The topological polar surface area (TPSA) is 12.0 Å². The van der Waals surface area contributed by atoms with Gasteiger partial charge in [-0.25, -0.2) is 4.39 Å². The highest BCUT2D eigenvalue weighted by Gasteiger charge is 2.20. The van der Waals surface area contributed by atoms with Crippen molar-refractivity contribution in [1.82, 2.24) is 5.32 Å². The summed E-state index contributed by atoms with van der Waals surface area (Å²) in [7, 11) is 0. The summed E-state index contributed by atoms with van der Waals surface area (Å²) in [5.41, 5.74) is 1.03. The molecule has 0 saturated carbocycles. The molecule has 1 atom stereocenters. The van der Waals surface area contributed by atoms with Gasteiger partial charge in [0.05, 0.1) is 4.47 Å². The predicted molar refractivity (Wildman–Crippen MR) is 59.3 cm³/mol. The van der Waals surface area contributed by atoms with Crippen molar-refractivity contribution in [1.29, 1.82) is 0 Å². The number of halogens is 3. The molecule has 1 nitrogen and oxygen atoms in total. The molecule has 0 radical (unpaired) electrons. The molecule has 2 rings (SSSR count). The number of nitrogens with one attached hydrogen (secondary N) is 1. The molecule has 1 saturated heterocycles. The van der Waals surface area contributed by atoms with E-state index >= 15 is 0 Å². The van der Waals surface area contributed by atoms with E-state index in [-0.39, 0.29) is 5.82 Å². The van der Waals surface area contributed by atoms with Crippen molar-refractivity contribution in [3.8, 4) is 0 Å². The second kappa shape index (κ2) is 4.17. The summed E-state index contributed by atoms with van der Waals surface area (Å²) in [6.45, 7) is 1.94. The highest BCUT2D eigenvalue weighted by atomic mass is 79.9. The van der Waals surface area contributed by atoms with Crippen molar-refractivity contribution in [2.45, 2.75) is 12.3 Å². The minimum absolute atomic E-state index is 0.301. The molecule has 1 aliphatic rings. The third-order valence-corrected chi connectivity index (χ3v) is 3.47. The summed E-state index contributed by atoms with van der Waals surface area (Å²) in [6, 6.07) is 3.16. The fourth-order valence-electron chi connectivity index (χ4n) is 1.77. The summed E-state index contributed by atoms with van der Waals surface area (Å²) < 4.78 is 13.6. The van der Waals surface area contributed by atoms with Crippen molar-refractivity contribution in [2.75, 3.05) is 13.1 Å². The van der Waals surface area contributed by atoms with Gasteiger partial charge in [-0.05, 0) is 52.5 Å². The van der Waals surface area contributed by atoms with Crippen LogP contribution >= 0.6 is 27.5 Å². The molecule has 1 fully saturated rings. The molecule has 0 aliphatic carbocycles. The third kappa shape index (κ3) is 1.95. The van der Waals surface area contributed by atoms with Crippen LogP contribution in [-0.4, -0.2) is 13.1 Å². The Morgan fingerprint density at radius 2 is 2.29 bits per heavy atom. The van der Waals surface area contributed by atoms with Crippen LogP contribution in [0.5, 0.6) is 0 Å². The van der Waals surface area contributed by atoms with Crippen LogP contribution in [-0.2, 0) is 0 Å². The molecule has 0 aromatic heterocycles. The largest absolute Gasteiger partial charge is 0.316 e. The Morgan fingerprint density at radius 1 is 1.50 bits per heavy atom. The Hall–Kier alpha value is -0.120. The van der Waals surface area contributed by atoms with Gasteiger partial charge in [-0.15, -0.1) is 0 Å². The van der Waals surface area contributed by atoms with E-state index in [1.54, 1.807) is 6.07 Å². The zero-order valence-electron chi connectivity index (χ0n) is 7.49. The molecule has 1 unspecified atom stereocenters. The molecule has 1 N–H and O–H groups in total. The first-order chi connectivity index (χ1) is 6.68. The van der Waals surface area contributed by atoms with Crippen LogP contribution < -0.4 is 5.32 Å². The highest BCUT2D eigenvalue weighted by molar-refractivity contribution is 9.10. The quantitative estimate of drug-likeness (QED) is 0.777. The second-order valence-corrected chi connectivity index (χ2v) is 4.74. The maximum absolute atomic E-state index is 13.1. The van der Waals surface area contributed by atoms with Crippen molar-refractivity contribution >= 4 is 27.5 Å². The van der Waals surface area contributed by atoms with Crippen molar-refractivity contribution in [3.05, 3.63) is 33.0 Å². The molecular weight excluding hydrogens is 268 g/mol. The summed E-state index contributed by atoms with van der Waals surface area (Å²) >= 11 is 9.17. The van der Waals surface area contributed by atoms with Gasteiger partial charge >= 0.3 is 0 Å². The summed E-state index contributed by atoms with van der Waals surface area (Å²) in [5, 5.41) is 3.79. The Balaban J connectivity index is 2.37. The van der Waals surface area contributed by atoms with Crippen LogP contribution in [0.4, 0.5) is 4.39 Å². The van der Waals surface area contributed by atoms with Gasteiger partial charge in [0.1, 0.15) is 5.82 Å². The van der Waals surface area contributed by atoms with Crippen molar-refractivity contribution in [3.63, 3.8) is 0 Å². The van der Waals surface area contributed by atoms with E-state index in [9.17, 15) is 4.39 Å². The second-order valence-electron chi connectivity index (χ2n) is 3.48. The van der Waals surface area contributed by atoms with Crippen molar-refractivity contribution in [2.24, 2.45) is 0 Å². The van der Waals surface area contributed by atoms with E-state index in [0.717, 1.165) is 25.1 Å². The first-order valence-corrected chi connectivity index (χ1v) is 5.70. The van der Waals surface area contributed by atoms with Crippen LogP contribution in [0.15, 0.2) is 16.6 Å². The molecule has 4 heteroatoms. The van der Waals surface area contributed by atoms with Crippen molar-refractivity contribution < 1.29 is 4.39 Å². The minimum Gasteiger partial charge on any atom is -0.316 e. The normalized spacial score (nSPS) is 21.5. The van der Waals surface area contributed by atoms with E-state index in [0.29, 0.717) is 15.4 Å². The molecule has 1 aromatic carbocycles. The molecule has 0 amide bonds. The first kappa shape index (κ1) is 10.4. The number of benzene rings is 1. The third-order valence-electron chi connectivity index (χ3n) is 2.54. The fourth-order valence-corrected chi connectivity index (χ4v) is 2.44. The number of rotatable bonds is 1. The highest BCUT2D eigenvalue weighted by Crippen LogP contribution is 2.32. The van der Waals surface area contributed by atoms with Crippen LogP contribution in [0.3, 0.4) is 0 Å². The van der Waals surface area contributed by atoms with Gasteiger partial charge < -0.3 is 5.32 Å². The first-order valence-electron chi connectivity index (χ1n) is 4.53. The standard InChI is InChI=1S/C10H10BrClFN/c11-8-3-7(6-1-2-14-5-6)9(12)4-10(8)13/h3-4,6,14H,1-2,5H2. The lowest BCUT2D eigenvalue weighted by Gasteiger charge is -2.11. The molecule has 1 aromatic rings. The molecule has 0 spiro atoms. The fraction of sp³-hybridized carbons (Fsp3) is 0.400. The SMILES string of the molecule is Fc1cc(Cl)c(C2CCNC2)cc1Br. The maximum Gasteiger partial charge on any atom is 0.138 e. The summed E-state index contributed by atoms with van der Waals surface area (Å²) in [6.07, 6.45) is 1.07. The summed E-state index contributed by atoms with van der Waals surface area (Å²) in [4.78, 5) is 0. The molecule has 1 aliphatic heterocycles. The van der Waals surface area contributed by atoms with Gasteiger partial charge in [0.2, 0.25) is 0 Å². The number of hydrogen-bond acceptors (Lipinski definition) is 1. The molecule has 76 valence electrons. The van der Waals surface area contributed by atoms with Gasteiger partial charge in [0.15, 0.2) is 0 Å². The van der Waals surface area contributed by atoms with Crippen LogP contribution in [0, 0.1) is 5.82 Å². The molecule has 14 heavy (non-hydrogen) atoms. The minimum atomic E-state index is -0.301. The van der Waals surface area contributed by atoms with Gasteiger partial charge in [0.25, 0.3) is 0 Å². The van der Waals surface area contributed by atoms with Gasteiger partial charge in [0, 0.05) is 11.6 Å². The number of hydrogen-bond donors (Lipinski definition) is 1. The van der Waals surface area contributed by atoms with Crippen LogP contribution in [0.1, 0.15) is 17.9 Å².